The zero-order valence-corrected chi connectivity index (χ0v) is 18.7. The predicted octanol–water partition coefficient (Wildman–Crippen LogP) is 3.33. The van der Waals surface area contributed by atoms with Crippen molar-refractivity contribution in [3.05, 3.63) is 52.7 Å². The smallest absolute Gasteiger partial charge is 0.228 e. The van der Waals surface area contributed by atoms with Gasteiger partial charge in [-0.2, -0.15) is 0 Å². The molecule has 0 radical (unpaired) electrons. The molecular formula is C25H31FN4O2. The monoisotopic (exact) mass is 438 g/mol. The Balaban J connectivity index is 1.39. The number of aryl methyl sites for hydroxylation is 1. The van der Waals surface area contributed by atoms with Crippen LogP contribution in [-0.2, 0) is 22.4 Å². The van der Waals surface area contributed by atoms with Crippen LogP contribution < -0.4 is 4.90 Å². The van der Waals surface area contributed by atoms with Crippen LogP contribution in [0.2, 0.25) is 0 Å². The van der Waals surface area contributed by atoms with Crippen LogP contribution in [0.1, 0.15) is 54.7 Å². The molecular weight excluding hydrogens is 407 g/mol. The number of anilines is 1. The average Bonchev–Trinajstić information content (AvgIpc) is 3.54. The summed E-state index contributed by atoms with van der Waals surface area (Å²) in [6.45, 7) is 6.31. The minimum atomic E-state index is -0.224. The highest BCUT2D eigenvalue weighted by atomic mass is 19.1. The summed E-state index contributed by atoms with van der Waals surface area (Å²) < 4.78 is 18.8. The van der Waals surface area contributed by atoms with Crippen molar-refractivity contribution in [2.24, 2.45) is 5.92 Å². The number of nitrogens with zero attached hydrogens (tertiary/aromatic N) is 4. The van der Waals surface area contributed by atoms with E-state index in [0.717, 1.165) is 67.2 Å². The molecule has 1 atom stereocenters. The first-order valence-electron chi connectivity index (χ1n) is 11.9. The van der Waals surface area contributed by atoms with Gasteiger partial charge in [-0.1, -0.05) is 19.1 Å². The molecule has 2 aromatic rings. The Kier molecular flexibility index (Phi) is 6.09. The van der Waals surface area contributed by atoms with Crippen LogP contribution >= 0.6 is 0 Å². The van der Waals surface area contributed by atoms with E-state index in [0.29, 0.717) is 38.6 Å². The van der Waals surface area contributed by atoms with Crippen molar-refractivity contribution in [2.45, 2.75) is 44.9 Å². The molecule has 0 N–H and O–H groups in total. The van der Waals surface area contributed by atoms with Gasteiger partial charge in [0.1, 0.15) is 17.5 Å². The fraction of sp³-hybridized carbons (Fsp3) is 0.560. The van der Waals surface area contributed by atoms with Gasteiger partial charge in [0, 0.05) is 56.4 Å². The van der Waals surface area contributed by atoms with Gasteiger partial charge in [-0.3, -0.25) is 4.79 Å². The number of piperazine rings is 1. The van der Waals surface area contributed by atoms with Crippen LogP contribution in [0.15, 0.2) is 24.3 Å². The van der Waals surface area contributed by atoms with E-state index in [9.17, 15) is 9.18 Å². The zero-order valence-electron chi connectivity index (χ0n) is 18.7. The quantitative estimate of drug-likeness (QED) is 0.693. The van der Waals surface area contributed by atoms with E-state index in [-0.39, 0.29) is 17.6 Å². The number of carbonyl (C=O) groups excluding carboxylic acids is 1. The Hall–Kier alpha value is -2.54. The number of hydrogen-bond donors (Lipinski definition) is 0. The summed E-state index contributed by atoms with van der Waals surface area (Å²) in [7, 11) is 0. The molecule has 32 heavy (non-hydrogen) atoms. The van der Waals surface area contributed by atoms with E-state index in [1.54, 1.807) is 0 Å². The molecule has 1 saturated carbocycles. The number of hydrogen-bond acceptors (Lipinski definition) is 5. The van der Waals surface area contributed by atoms with E-state index < -0.39 is 0 Å². The van der Waals surface area contributed by atoms with Gasteiger partial charge in [0.25, 0.3) is 0 Å². The molecule has 1 amide bonds. The standard InChI is InChI=1S/C25H31FN4O2/c1-2-22-21(15-17-3-7-20(26)8-4-17)24(28-23(27-22)18-5-6-18)29-10-12-30(13-11-29)25(31)19-9-14-32-16-19/h3-4,7-8,18-19H,2,5-6,9-16H2,1H3/t19-/m1/s1. The van der Waals surface area contributed by atoms with Gasteiger partial charge in [0.2, 0.25) is 5.91 Å². The molecule has 170 valence electrons. The summed E-state index contributed by atoms with van der Waals surface area (Å²) in [5.74, 6) is 2.45. The summed E-state index contributed by atoms with van der Waals surface area (Å²) in [6.07, 6.45) is 4.67. The average molecular weight is 439 g/mol. The molecule has 3 fully saturated rings. The number of aromatic nitrogens is 2. The van der Waals surface area contributed by atoms with Crippen LogP contribution in [0.3, 0.4) is 0 Å². The lowest BCUT2D eigenvalue weighted by molar-refractivity contribution is -0.135. The summed E-state index contributed by atoms with van der Waals surface area (Å²) in [5, 5.41) is 0. The molecule has 0 spiro atoms. The summed E-state index contributed by atoms with van der Waals surface area (Å²) in [5.41, 5.74) is 3.27. The zero-order chi connectivity index (χ0) is 22.1. The van der Waals surface area contributed by atoms with Gasteiger partial charge < -0.3 is 14.5 Å². The normalized spacial score (nSPS) is 21.2. The van der Waals surface area contributed by atoms with E-state index in [4.69, 9.17) is 14.7 Å². The number of amides is 1. The Labute approximate surface area is 188 Å². The topological polar surface area (TPSA) is 58.6 Å². The second-order valence-corrected chi connectivity index (χ2v) is 9.13. The first-order chi connectivity index (χ1) is 15.6. The minimum absolute atomic E-state index is 0.0165. The molecule has 2 aliphatic heterocycles. The van der Waals surface area contributed by atoms with Crippen molar-refractivity contribution in [1.82, 2.24) is 14.9 Å². The van der Waals surface area contributed by atoms with Crippen molar-refractivity contribution < 1.29 is 13.9 Å². The van der Waals surface area contributed by atoms with Gasteiger partial charge in [-0.25, -0.2) is 14.4 Å². The van der Waals surface area contributed by atoms with Crippen LogP contribution in [-0.4, -0.2) is 60.2 Å². The summed E-state index contributed by atoms with van der Waals surface area (Å²) >= 11 is 0. The maximum Gasteiger partial charge on any atom is 0.228 e. The molecule has 0 unspecified atom stereocenters. The maximum atomic E-state index is 13.4. The van der Waals surface area contributed by atoms with E-state index in [1.807, 2.05) is 17.0 Å². The minimum Gasteiger partial charge on any atom is -0.381 e. The highest BCUT2D eigenvalue weighted by molar-refractivity contribution is 5.79. The predicted molar refractivity (Wildman–Crippen MR) is 120 cm³/mol. The van der Waals surface area contributed by atoms with Gasteiger partial charge in [0.15, 0.2) is 0 Å². The van der Waals surface area contributed by atoms with E-state index in [2.05, 4.69) is 11.8 Å². The lowest BCUT2D eigenvalue weighted by Crippen LogP contribution is -2.51. The molecule has 2 saturated heterocycles. The molecule has 6 nitrogen and oxygen atoms in total. The number of carbonyl (C=O) groups is 1. The Morgan fingerprint density at radius 2 is 1.84 bits per heavy atom. The van der Waals surface area contributed by atoms with Crippen LogP contribution in [0.25, 0.3) is 0 Å². The molecule has 0 bridgehead atoms. The van der Waals surface area contributed by atoms with Crippen LogP contribution in [0.5, 0.6) is 0 Å². The van der Waals surface area contributed by atoms with Crippen molar-refractivity contribution in [1.29, 1.82) is 0 Å². The number of rotatable bonds is 6. The van der Waals surface area contributed by atoms with E-state index >= 15 is 0 Å². The van der Waals surface area contributed by atoms with Crippen molar-refractivity contribution >= 4 is 11.7 Å². The Morgan fingerprint density at radius 3 is 2.47 bits per heavy atom. The first-order valence-corrected chi connectivity index (χ1v) is 11.9. The molecule has 3 heterocycles. The number of benzene rings is 1. The second kappa shape index (κ2) is 9.14. The highest BCUT2D eigenvalue weighted by Crippen LogP contribution is 2.40. The number of halogens is 1. The third kappa shape index (κ3) is 4.49. The van der Waals surface area contributed by atoms with E-state index in [1.165, 1.54) is 12.1 Å². The van der Waals surface area contributed by atoms with Crippen LogP contribution in [0.4, 0.5) is 10.2 Å². The molecule has 5 rings (SSSR count). The van der Waals surface area contributed by atoms with Gasteiger partial charge in [-0.05, 0) is 43.4 Å². The summed E-state index contributed by atoms with van der Waals surface area (Å²) in [4.78, 5) is 27.1. The third-order valence-electron chi connectivity index (χ3n) is 6.83. The Morgan fingerprint density at radius 1 is 1.09 bits per heavy atom. The molecule has 3 aliphatic rings. The lowest BCUT2D eigenvalue weighted by Gasteiger charge is -2.37. The Bertz CT molecular complexity index is 963. The highest BCUT2D eigenvalue weighted by Gasteiger charge is 2.33. The fourth-order valence-corrected chi connectivity index (χ4v) is 4.73. The van der Waals surface area contributed by atoms with Gasteiger partial charge in [0.05, 0.1) is 12.5 Å². The van der Waals surface area contributed by atoms with Crippen molar-refractivity contribution in [3.63, 3.8) is 0 Å². The van der Waals surface area contributed by atoms with Crippen molar-refractivity contribution in [3.8, 4) is 0 Å². The molecule has 1 aliphatic carbocycles. The maximum absolute atomic E-state index is 13.4. The third-order valence-corrected chi connectivity index (χ3v) is 6.83. The van der Waals surface area contributed by atoms with Gasteiger partial charge in [-0.15, -0.1) is 0 Å². The number of ether oxygens (including phenoxy) is 1. The second-order valence-electron chi connectivity index (χ2n) is 9.13. The largest absolute Gasteiger partial charge is 0.381 e. The van der Waals surface area contributed by atoms with Crippen LogP contribution in [0, 0.1) is 11.7 Å². The first kappa shape index (κ1) is 21.3. The fourth-order valence-electron chi connectivity index (χ4n) is 4.73. The SMILES string of the molecule is CCc1nc(C2CC2)nc(N2CCN(C(=O)[C@@H]3CCOC3)CC2)c1Cc1ccc(F)cc1. The molecule has 1 aromatic carbocycles. The van der Waals surface area contributed by atoms with Crippen molar-refractivity contribution in [2.75, 3.05) is 44.3 Å². The molecule has 1 aromatic heterocycles. The molecule has 7 heteroatoms. The summed E-state index contributed by atoms with van der Waals surface area (Å²) in [6, 6.07) is 6.70. The lowest BCUT2D eigenvalue weighted by atomic mass is 10.0. The van der Waals surface area contributed by atoms with Gasteiger partial charge >= 0.3 is 0 Å².